The van der Waals surface area contributed by atoms with Gasteiger partial charge in [-0.3, -0.25) is 4.68 Å². The molecule has 2 N–H and O–H groups in total. The standard InChI is InChI=1S/C6H10N4/c1-2-3-4-10-5-8-6(7)9-10/h2,5H,1,3-4H2,(H2,7,9). The molecule has 0 unspecified atom stereocenters. The van der Waals surface area contributed by atoms with Crippen molar-refractivity contribution in [1.82, 2.24) is 14.8 Å². The Morgan fingerprint density at radius 2 is 2.60 bits per heavy atom. The minimum Gasteiger partial charge on any atom is -0.367 e. The predicted molar refractivity (Wildman–Crippen MR) is 39.2 cm³/mol. The molecule has 1 heterocycles. The molecular weight excluding hydrogens is 128 g/mol. The maximum absolute atomic E-state index is 5.28. The maximum atomic E-state index is 5.28. The van der Waals surface area contributed by atoms with Crippen molar-refractivity contribution >= 4 is 5.95 Å². The van der Waals surface area contributed by atoms with Crippen LogP contribution in [-0.4, -0.2) is 14.8 Å². The van der Waals surface area contributed by atoms with Crippen molar-refractivity contribution in [1.29, 1.82) is 0 Å². The van der Waals surface area contributed by atoms with E-state index in [9.17, 15) is 0 Å². The molecule has 54 valence electrons. The molecule has 1 aromatic rings. The third-order valence-electron chi connectivity index (χ3n) is 1.12. The summed E-state index contributed by atoms with van der Waals surface area (Å²) in [6.45, 7) is 4.39. The zero-order valence-corrected chi connectivity index (χ0v) is 5.70. The van der Waals surface area contributed by atoms with Crippen molar-refractivity contribution in [3.05, 3.63) is 19.0 Å². The highest BCUT2D eigenvalue weighted by Gasteiger charge is 1.91. The number of hydrogen-bond donors (Lipinski definition) is 1. The number of anilines is 1. The molecule has 0 radical (unpaired) electrons. The molecule has 0 bridgehead atoms. The Bertz CT molecular complexity index is 215. The number of rotatable bonds is 3. The first kappa shape index (κ1) is 6.80. The van der Waals surface area contributed by atoms with Crippen LogP contribution in [-0.2, 0) is 6.54 Å². The number of aryl methyl sites for hydroxylation is 1. The van der Waals surface area contributed by atoms with E-state index in [1.807, 2.05) is 6.08 Å². The maximum Gasteiger partial charge on any atom is 0.239 e. The quantitative estimate of drug-likeness (QED) is 0.616. The van der Waals surface area contributed by atoms with Crippen LogP contribution in [0.3, 0.4) is 0 Å². The van der Waals surface area contributed by atoms with Gasteiger partial charge in [0.1, 0.15) is 6.33 Å². The summed E-state index contributed by atoms with van der Waals surface area (Å²) in [7, 11) is 0. The van der Waals surface area contributed by atoms with Gasteiger partial charge in [0.15, 0.2) is 0 Å². The summed E-state index contributed by atoms with van der Waals surface area (Å²) in [5, 5.41) is 3.88. The summed E-state index contributed by atoms with van der Waals surface area (Å²) < 4.78 is 1.69. The van der Waals surface area contributed by atoms with E-state index in [1.54, 1.807) is 11.0 Å². The molecule has 0 aliphatic heterocycles. The summed E-state index contributed by atoms with van der Waals surface area (Å²) in [4.78, 5) is 3.76. The van der Waals surface area contributed by atoms with E-state index < -0.39 is 0 Å². The second-order valence-corrected chi connectivity index (χ2v) is 1.94. The van der Waals surface area contributed by atoms with Crippen LogP contribution < -0.4 is 5.73 Å². The molecule has 4 nitrogen and oxygen atoms in total. The number of nitrogens with two attached hydrogens (primary N) is 1. The van der Waals surface area contributed by atoms with E-state index in [0.717, 1.165) is 13.0 Å². The Balaban J connectivity index is 2.49. The van der Waals surface area contributed by atoms with Gasteiger partial charge >= 0.3 is 0 Å². The minimum absolute atomic E-state index is 0.323. The van der Waals surface area contributed by atoms with Gasteiger partial charge in [-0.1, -0.05) is 6.08 Å². The van der Waals surface area contributed by atoms with E-state index >= 15 is 0 Å². The van der Waals surface area contributed by atoms with Gasteiger partial charge < -0.3 is 5.73 Å². The average molecular weight is 138 g/mol. The van der Waals surface area contributed by atoms with Gasteiger partial charge in [0.2, 0.25) is 5.95 Å². The van der Waals surface area contributed by atoms with Crippen LogP contribution in [0, 0.1) is 0 Å². The molecule has 0 saturated heterocycles. The molecule has 0 saturated carbocycles. The minimum atomic E-state index is 0.323. The van der Waals surface area contributed by atoms with Crippen LogP contribution in [0.15, 0.2) is 19.0 Å². The Morgan fingerprint density at radius 1 is 1.80 bits per heavy atom. The molecule has 0 aromatic carbocycles. The second-order valence-electron chi connectivity index (χ2n) is 1.94. The van der Waals surface area contributed by atoms with Crippen molar-refractivity contribution in [3.63, 3.8) is 0 Å². The molecule has 4 heteroatoms. The van der Waals surface area contributed by atoms with Gasteiger partial charge in [-0.05, 0) is 6.42 Å². The second kappa shape index (κ2) is 3.00. The summed E-state index contributed by atoms with van der Waals surface area (Å²) in [6.07, 6.45) is 4.33. The highest BCUT2D eigenvalue weighted by atomic mass is 15.3. The molecule has 1 rings (SSSR count). The third-order valence-corrected chi connectivity index (χ3v) is 1.12. The lowest BCUT2D eigenvalue weighted by atomic mass is 10.4. The lowest BCUT2D eigenvalue weighted by molar-refractivity contribution is 0.624. The monoisotopic (exact) mass is 138 g/mol. The predicted octanol–water partition coefficient (Wildman–Crippen LogP) is 0.436. The highest BCUT2D eigenvalue weighted by molar-refractivity contribution is 5.09. The molecule has 0 aliphatic rings. The zero-order valence-electron chi connectivity index (χ0n) is 5.70. The van der Waals surface area contributed by atoms with Gasteiger partial charge in [0, 0.05) is 6.54 Å². The van der Waals surface area contributed by atoms with Crippen LogP contribution in [0.2, 0.25) is 0 Å². The molecule has 0 aliphatic carbocycles. The van der Waals surface area contributed by atoms with Crippen LogP contribution in [0.25, 0.3) is 0 Å². The summed E-state index contributed by atoms with van der Waals surface area (Å²) >= 11 is 0. The fraction of sp³-hybridized carbons (Fsp3) is 0.333. The van der Waals surface area contributed by atoms with Crippen LogP contribution in [0.5, 0.6) is 0 Å². The number of aromatic nitrogens is 3. The Labute approximate surface area is 59.4 Å². The topological polar surface area (TPSA) is 56.7 Å². The molecule has 0 spiro atoms. The molecule has 0 fully saturated rings. The Hall–Kier alpha value is -1.32. The van der Waals surface area contributed by atoms with Crippen molar-refractivity contribution in [2.45, 2.75) is 13.0 Å². The highest BCUT2D eigenvalue weighted by Crippen LogP contribution is 1.91. The van der Waals surface area contributed by atoms with Gasteiger partial charge in [-0.15, -0.1) is 11.7 Å². The first-order valence-electron chi connectivity index (χ1n) is 3.09. The summed E-state index contributed by atoms with van der Waals surface area (Å²) in [5.74, 6) is 0.323. The summed E-state index contributed by atoms with van der Waals surface area (Å²) in [6, 6.07) is 0. The van der Waals surface area contributed by atoms with E-state index in [0.29, 0.717) is 5.95 Å². The summed E-state index contributed by atoms with van der Waals surface area (Å²) in [5.41, 5.74) is 5.28. The molecule has 1 aromatic heterocycles. The van der Waals surface area contributed by atoms with E-state index in [-0.39, 0.29) is 0 Å². The van der Waals surface area contributed by atoms with E-state index in [1.165, 1.54) is 0 Å². The lowest BCUT2D eigenvalue weighted by Crippen LogP contribution is -1.98. The van der Waals surface area contributed by atoms with Crippen molar-refractivity contribution < 1.29 is 0 Å². The van der Waals surface area contributed by atoms with E-state index in [4.69, 9.17) is 5.73 Å². The molecule has 0 atom stereocenters. The fourth-order valence-corrected chi connectivity index (χ4v) is 0.640. The normalized spacial score (nSPS) is 9.60. The van der Waals surface area contributed by atoms with Crippen molar-refractivity contribution in [2.75, 3.05) is 5.73 Å². The molecular formula is C6H10N4. The molecule has 10 heavy (non-hydrogen) atoms. The SMILES string of the molecule is C=CCCn1cnc(N)n1. The van der Waals surface area contributed by atoms with E-state index in [2.05, 4.69) is 16.7 Å². The largest absolute Gasteiger partial charge is 0.367 e. The van der Waals surface area contributed by atoms with Gasteiger partial charge in [0.25, 0.3) is 0 Å². The number of allylic oxidation sites excluding steroid dienone is 1. The number of nitrogens with zero attached hydrogens (tertiary/aromatic N) is 3. The average Bonchev–Trinajstić information content (AvgIpc) is 2.31. The zero-order chi connectivity index (χ0) is 7.40. The lowest BCUT2D eigenvalue weighted by Gasteiger charge is -1.92. The molecule has 0 amide bonds. The first-order valence-corrected chi connectivity index (χ1v) is 3.09. The fourth-order valence-electron chi connectivity index (χ4n) is 0.640. The Kier molecular flexibility index (Phi) is 2.04. The first-order chi connectivity index (χ1) is 4.83. The number of hydrogen-bond acceptors (Lipinski definition) is 3. The Morgan fingerprint density at radius 3 is 3.10 bits per heavy atom. The van der Waals surface area contributed by atoms with Crippen molar-refractivity contribution in [2.24, 2.45) is 0 Å². The van der Waals surface area contributed by atoms with Crippen LogP contribution in [0.1, 0.15) is 6.42 Å². The smallest absolute Gasteiger partial charge is 0.239 e. The van der Waals surface area contributed by atoms with Gasteiger partial charge in [-0.2, -0.15) is 0 Å². The number of nitrogen functional groups attached to an aromatic ring is 1. The third kappa shape index (κ3) is 1.58. The van der Waals surface area contributed by atoms with Gasteiger partial charge in [0.05, 0.1) is 0 Å². The van der Waals surface area contributed by atoms with Crippen molar-refractivity contribution in [3.8, 4) is 0 Å². The van der Waals surface area contributed by atoms with Gasteiger partial charge in [-0.25, -0.2) is 4.98 Å². The van der Waals surface area contributed by atoms with Crippen LogP contribution >= 0.6 is 0 Å². The van der Waals surface area contributed by atoms with Crippen LogP contribution in [0.4, 0.5) is 5.95 Å².